The zero-order valence-electron chi connectivity index (χ0n) is 11.8. The summed E-state index contributed by atoms with van der Waals surface area (Å²) in [5.41, 5.74) is 0. The van der Waals surface area contributed by atoms with Gasteiger partial charge in [-0.15, -0.1) is 0 Å². The van der Waals surface area contributed by atoms with Crippen LogP contribution in [0.4, 0.5) is 4.79 Å². The second-order valence-corrected chi connectivity index (χ2v) is 5.65. The molecular formula is C14H25N3O2. The van der Waals surface area contributed by atoms with Crippen molar-refractivity contribution in [3.05, 3.63) is 0 Å². The number of piperidine rings is 1. The number of hydrogen-bond acceptors (Lipinski definition) is 3. The van der Waals surface area contributed by atoms with E-state index in [9.17, 15) is 9.59 Å². The van der Waals surface area contributed by atoms with Gasteiger partial charge >= 0.3 is 6.03 Å². The van der Waals surface area contributed by atoms with E-state index in [0.29, 0.717) is 0 Å². The molecule has 2 rings (SSSR count). The molecule has 1 heterocycles. The van der Waals surface area contributed by atoms with Gasteiger partial charge in [0, 0.05) is 19.0 Å². The molecule has 1 saturated heterocycles. The Labute approximate surface area is 115 Å². The third-order valence-electron chi connectivity index (χ3n) is 4.16. The summed E-state index contributed by atoms with van der Waals surface area (Å²) in [6, 6.07) is 0.124. The molecule has 5 nitrogen and oxygen atoms in total. The second kappa shape index (κ2) is 6.89. The van der Waals surface area contributed by atoms with Crippen LogP contribution < -0.4 is 10.6 Å². The minimum absolute atomic E-state index is 0.0577. The largest absolute Gasteiger partial charge is 0.335 e. The zero-order valence-corrected chi connectivity index (χ0v) is 11.8. The summed E-state index contributed by atoms with van der Waals surface area (Å²) in [7, 11) is 0. The molecular weight excluding hydrogens is 242 g/mol. The molecule has 1 aliphatic carbocycles. The average molecular weight is 267 g/mol. The van der Waals surface area contributed by atoms with Gasteiger partial charge in [0.15, 0.2) is 0 Å². The molecule has 108 valence electrons. The van der Waals surface area contributed by atoms with Gasteiger partial charge in [-0.25, -0.2) is 4.79 Å². The Bertz CT molecular complexity index is 321. The highest BCUT2D eigenvalue weighted by atomic mass is 16.2. The van der Waals surface area contributed by atoms with Crippen LogP contribution in [-0.2, 0) is 4.79 Å². The smallest absolute Gasteiger partial charge is 0.324 e. The lowest BCUT2D eigenvalue weighted by Crippen LogP contribution is -2.54. The van der Waals surface area contributed by atoms with E-state index in [0.717, 1.165) is 38.8 Å². The molecule has 0 bridgehead atoms. The van der Waals surface area contributed by atoms with Gasteiger partial charge in [0.1, 0.15) is 0 Å². The first-order valence-electron chi connectivity index (χ1n) is 7.49. The molecule has 2 N–H and O–H groups in total. The second-order valence-electron chi connectivity index (χ2n) is 5.65. The van der Waals surface area contributed by atoms with Crippen molar-refractivity contribution in [1.82, 2.24) is 15.5 Å². The molecule has 0 unspecified atom stereocenters. The minimum atomic E-state index is -0.189. The number of carbonyl (C=O) groups excluding carboxylic acids is 2. The summed E-state index contributed by atoms with van der Waals surface area (Å²) in [6.45, 7) is 3.25. The van der Waals surface area contributed by atoms with E-state index in [1.807, 2.05) is 0 Å². The predicted molar refractivity (Wildman–Crippen MR) is 73.8 cm³/mol. The highest BCUT2D eigenvalue weighted by Crippen LogP contribution is 2.19. The fourth-order valence-corrected chi connectivity index (χ4v) is 3.12. The van der Waals surface area contributed by atoms with Gasteiger partial charge in [0.25, 0.3) is 0 Å². The van der Waals surface area contributed by atoms with Crippen molar-refractivity contribution < 1.29 is 9.59 Å². The van der Waals surface area contributed by atoms with Crippen molar-refractivity contribution in [3.63, 3.8) is 0 Å². The molecule has 2 aliphatic rings. The molecule has 19 heavy (non-hydrogen) atoms. The standard InChI is InChI=1S/C14H25N3O2/c1-11(18)17(13-7-9-15-10-8-13)14(19)16-12-5-3-2-4-6-12/h12-13,15H,2-10H2,1H3,(H,16,19). The van der Waals surface area contributed by atoms with Crippen LogP contribution in [0.15, 0.2) is 0 Å². The van der Waals surface area contributed by atoms with E-state index < -0.39 is 0 Å². The lowest BCUT2D eigenvalue weighted by Gasteiger charge is -2.34. The molecule has 1 aliphatic heterocycles. The van der Waals surface area contributed by atoms with Crippen LogP contribution in [0.3, 0.4) is 0 Å². The van der Waals surface area contributed by atoms with Crippen molar-refractivity contribution in [2.45, 2.75) is 64.0 Å². The molecule has 2 fully saturated rings. The number of carbonyl (C=O) groups is 2. The number of urea groups is 1. The summed E-state index contributed by atoms with van der Waals surface area (Å²) in [6.07, 6.45) is 7.43. The molecule has 0 radical (unpaired) electrons. The Hall–Kier alpha value is -1.10. The van der Waals surface area contributed by atoms with E-state index >= 15 is 0 Å². The molecule has 0 aromatic rings. The van der Waals surface area contributed by atoms with Crippen molar-refractivity contribution in [2.75, 3.05) is 13.1 Å². The van der Waals surface area contributed by atoms with Crippen LogP contribution in [0.1, 0.15) is 51.9 Å². The first-order valence-corrected chi connectivity index (χ1v) is 7.49. The van der Waals surface area contributed by atoms with E-state index in [4.69, 9.17) is 0 Å². The van der Waals surface area contributed by atoms with Crippen molar-refractivity contribution in [3.8, 4) is 0 Å². The fraction of sp³-hybridized carbons (Fsp3) is 0.857. The zero-order chi connectivity index (χ0) is 13.7. The minimum Gasteiger partial charge on any atom is -0.335 e. The summed E-state index contributed by atoms with van der Waals surface area (Å²) >= 11 is 0. The Balaban J connectivity index is 1.93. The fourth-order valence-electron chi connectivity index (χ4n) is 3.12. The average Bonchev–Trinajstić information content (AvgIpc) is 2.40. The summed E-state index contributed by atoms with van der Waals surface area (Å²) < 4.78 is 0. The van der Waals surface area contributed by atoms with Gasteiger partial charge in [-0.2, -0.15) is 0 Å². The van der Waals surface area contributed by atoms with E-state index in [-0.39, 0.29) is 24.0 Å². The van der Waals surface area contributed by atoms with Gasteiger partial charge in [0.2, 0.25) is 5.91 Å². The van der Waals surface area contributed by atoms with Gasteiger partial charge < -0.3 is 10.6 Å². The van der Waals surface area contributed by atoms with Gasteiger partial charge in [0.05, 0.1) is 0 Å². The first-order chi connectivity index (χ1) is 9.18. The van der Waals surface area contributed by atoms with E-state index in [1.54, 1.807) is 0 Å². The summed E-state index contributed by atoms with van der Waals surface area (Å²) in [5.74, 6) is -0.139. The number of hydrogen-bond donors (Lipinski definition) is 2. The quantitative estimate of drug-likeness (QED) is 0.799. The van der Waals surface area contributed by atoms with Crippen LogP contribution in [0, 0.1) is 0 Å². The highest BCUT2D eigenvalue weighted by molar-refractivity contribution is 5.93. The van der Waals surface area contributed by atoms with Crippen LogP contribution >= 0.6 is 0 Å². The van der Waals surface area contributed by atoms with Crippen LogP contribution in [0.5, 0.6) is 0 Å². The van der Waals surface area contributed by atoms with Crippen molar-refractivity contribution in [1.29, 1.82) is 0 Å². The number of amides is 3. The molecule has 0 aromatic carbocycles. The van der Waals surface area contributed by atoms with Gasteiger partial charge in [-0.3, -0.25) is 9.69 Å². The first kappa shape index (κ1) is 14.3. The number of rotatable bonds is 2. The SMILES string of the molecule is CC(=O)N(C(=O)NC1CCCCC1)C1CCNCC1. The third kappa shape index (κ3) is 3.93. The molecule has 3 amide bonds. The Morgan fingerprint density at radius 2 is 1.68 bits per heavy atom. The lowest BCUT2D eigenvalue weighted by atomic mass is 9.95. The predicted octanol–water partition coefficient (Wildman–Crippen LogP) is 1.63. The molecule has 5 heteroatoms. The maximum Gasteiger partial charge on any atom is 0.324 e. The number of imide groups is 1. The third-order valence-corrected chi connectivity index (χ3v) is 4.16. The summed E-state index contributed by atoms with van der Waals surface area (Å²) in [5, 5.41) is 6.30. The monoisotopic (exact) mass is 267 g/mol. The van der Waals surface area contributed by atoms with E-state index in [1.165, 1.54) is 31.1 Å². The topological polar surface area (TPSA) is 61.4 Å². The van der Waals surface area contributed by atoms with Gasteiger partial charge in [-0.1, -0.05) is 19.3 Å². The highest BCUT2D eigenvalue weighted by Gasteiger charge is 2.30. The molecule has 0 atom stereocenters. The van der Waals surface area contributed by atoms with Gasteiger partial charge in [-0.05, 0) is 38.8 Å². The van der Waals surface area contributed by atoms with Crippen LogP contribution in [-0.4, -0.2) is 42.0 Å². The van der Waals surface area contributed by atoms with Crippen LogP contribution in [0.25, 0.3) is 0 Å². The van der Waals surface area contributed by atoms with E-state index in [2.05, 4.69) is 10.6 Å². The Morgan fingerprint density at radius 1 is 1.05 bits per heavy atom. The maximum atomic E-state index is 12.3. The summed E-state index contributed by atoms with van der Waals surface area (Å²) in [4.78, 5) is 25.5. The van der Waals surface area contributed by atoms with Crippen molar-refractivity contribution >= 4 is 11.9 Å². The van der Waals surface area contributed by atoms with Crippen LogP contribution in [0.2, 0.25) is 0 Å². The normalized spacial score (nSPS) is 21.9. The maximum absolute atomic E-state index is 12.3. The molecule has 1 saturated carbocycles. The Morgan fingerprint density at radius 3 is 2.26 bits per heavy atom. The number of nitrogens with one attached hydrogen (secondary N) is 2. The molecule has 0 aromatic heterocycles. The number of nitrogens with zero attached hydrogens (tertiary/aromatic N) is 1. The lowest BCUT2D eigenvalue weighted by molar-refractivity contribution is -0.128. The Kier molecular flexibility index (Phi) is 5.19. The molecule has 0 spiro atoms. The van der Waals surface area contributed by atoms with Crippen molar-refractivity contribution in [2.24, 2.45) is 0 Å².